The molecule has 0 radical (unpaired) electrons. The van der Waals surface area contributed by atoms with Gasteiger partial charge in [-0.15, -0.1) is 0 Å². The van der Waals surface area contributed by atoms with Crippen molar-refractivity contribution in [2.24, 2.45) is 5.92 Å². The van der Waals surface area contributed by atoms with Crippen LogP contribution in [0.2, 0.25) is 0 Å². The molecule has 2 aromatic rings. The van der Waals surface area contributed by atoms with Crippen LogP contribution in [0.4, 0.5) is 0 Å². The highest BCUT2D eigenvalue weighted by molar-refractivity contribution is 6.01. The van der Waals surface area contributed by atoms with Gasteiger partial charge in [0.1, 0.15) is 5.69 Å². The lowest BCUT2D eigenvalue weighted by molar-refractivity contribution is 0.0618. The van der Waals surface area contributed by atoms with E-state index in [0.717, 1.165) is 28.7 Å². The summed E-state index contributed by atoms with van der Waals surface area (Å²) in [6, 6.07) is 6.59. The average Bonchev–Trinajstić information content (AvgIpc) is 2.85. The second-order valence-electron chi connectivity index (χ2n) is 6.89. The van der Waals surface area contributed by atoms with E-state index in [1.165, 1.54) is 31.5 Å². The average molecular weight is 297 g/mol. The van der Waals surface area contributed by atoms with E-state index in [-0.39, 0.29) is 5.91 Å². The monoisotopic (exact) mass is 297 g/mol. The van der Waals surface area contributed by atoms with Crippen LogP contribution in [-0.4, -0.2) is 41.5 Å². The van der Waals surface area contributed by atoms with Crippen LogP contribution in [0, 0.1) is 19.8 Å². The molecule has 3 aliphatic heterocycles. The van der Waals surface area contributed by atoms with Crippen LogP contribution in [0.3, 0.4) is 0 Å². The first kappa shape index (κ1) is 13.8. The smallest absolute Gasteiger partial charge is 0.268 e. The number of piperidine rings is 3. The lowest BCUT2D eigenvalue weighted by atomic mass is 9.84. The van der Waals surface area contributed by atoms with Crippen LogP contribution in [0.15, 0.2) is 18.2 Å². The number of benzene rings is 1. The topological polar surface area (TPSA) is 48.1 Å². The van der Waals surface area contributed by atoms with Crippen molar-refractivity contribution in [2.75, 3.05) is 19.6 Å². The Kier molecular flexibility index (Phi) is 3.22. The molecule has 3 saturated heterocycles. The van der Waals surface area contributed by atoms with Crippen molar-refractivity contribution in [1.29, 1.82) is 0 Å². The molecule has 2 bridgehead atoms. The summed E-state index contributed by atoms with van der Waals surface area (Å²) in [6.45, 7) is 7.51. The molecule has 3 fully saturated rings. The van der Waals surface area contributed by atoms with Gasteiger partial charge in [0.05, 0.1) is 0 Å². The number of carbonyl (C=O) groups is 1. The Morgan fingerprint density at radius 1 is 1.27 bits per heavy atom. The lowest BCUT2D eigenvalue weighted by Crippen LogP contribution is -2.57. The standard InChI is InChI=1S/C18H23N3O/c1-11-3-4-15-14(9-11)12(2)17(19-15)18(22)20-16-10-21-7-5-13(16)6-8-21/h3-4,9,13,16,19H,5-8,10H2,1-2H3,(H,20,22)/t16-/m1/s1. The molecule has 1 amide bonds. The molecule has 0 aliphatic carbocycles. The summed E-state index contributed by atoms with van der Waals surface area (Å²) in [5.74, 6) is 0.700. The predicted octanol–water partition coefficient (Wildman–Crippen LogP) is 2.61. The third kappa shape index (κ3) is 2.22. The summed E-state index contributed by atoms with van der Waals surface area (Å²) < 4.78 is 0. The zero-order valence-corrected chi connectivity index (χ0v) is 13.3. The molecule has 1 aromatic heterocycles. The first-order valence-electron chi connectivity index (χ1n) is 8.24. The van der Waals surface area contributed by atoms with Gasteiger partial charge in [-0.1, -0.05) is 11.6 Å². The normalized spacial score (nSPS) is 27.3. The van der Waals surface area contributed by atoms with Crippen molar-refractivity contribution >= 4 is 16.8 Å². The summed E-state index contributed by atoms with van der Waals surface area (Å²) >= 11 is 0. The zero-order chi connectivity index (χ0) is 15.3. The number of hydrogen-bond acceptors (Lipinski definition) is 2. The number of aromatic amines is 1. The fourth-order valence-corrected chi connectivity index (χ4v) is 4.04. The van der Waals surface area contributed by atoms with E-state index in [9.17, 15) is 4.79 Å². The Hall–Kier alpha value is -1.81. The minimum absolute atomic E-state index is 0.0464. The largest absolute Gasteiger partial charge is 0.350 e. The molecule has 3 aliphatic rings. The second kappa shape index (κ2) is 5.13. The van der Waals surface area contributed by atoms with Crippen molar-refractivity contribution in [3.63, 3.8) is 0 Å². The van der Waals surface area contributed by atoms with Gasteiger partial charge in [-0.05, 0) is 63.4 Å². The summed E-state index contributed by atoms with van der Waals surface area (Å²) in [5, 5.41) is 4.42. The first-order chi connectivity index (χ1) is 10.6. The summed E-state index contributed by atoms with van der Waals surface area (Å²) in [7, 11) is 0. The summed E-state index contributed by atoms with van der Waals surface area (Å²) in [4.78, 5) is 18.5. The molecule has 2 N–H and O–H groups in total. The van der Waals surface area contributed by atoms with Gasteiger partial charge in [0.25, 0.3) is 5.91 Å². The van der Waals surface area contributed by atoms with Gasteiger partial charge < -0.3 is 15.2 Å². The quantitative estimate of drug-likeness (QED) is 0.895. The van der Waals surface area contributed by atoms with Crippen LogP contribution in [0.25, 0.3) is 10.9 Å². The first-order valence-corrected chi connectivity index (χ1v) is 8.24. The third-order valence-corrected chi connectivity index (χ3v) is 5.41. The predicted molar refractivity (Wildman–Crippen MR) is 88.2 cm³/mol. The Bertz CT molecular complexity index is 725. The molecular weight excluding hydrogens is 274 g/mol. The number of amides is 1. The van der Waals surface area contributed by atoms with E-state index in [1.54, 1.807) is 0 Å². The van der Waals surface area contributed by atoms with E-state index in [1.807, 2.05) is 6.92 Å². The van der Waals surface area contributed by atoms with E-state index in [2.05, 4.69) is 40.3 Å². The molecule has 4 nitrogen and oxygen atoms in total. The Balaban J connectivity index is 1.59. The Labute approximate surface area is 130 Å². The third-order valence-electron chi connectivity index (χ3n) is 5.41. The molecular formula is C18H23N3O. The maximum atomic E-state index is 12.7. The molecule has 0 saturated carbocycles. The van der Waals surface area contributed by atoms with Crippen molar-refractivity contribution in [3.8, 4) is 0 Å². The van der Waals surface area contributed by atoms with Crippen LogP contribution < -0.4 is 5.32 Å². The number of fused-ring (bicyclic) bond motifs is 4. The minimum atomic E-state index is 0.0464. The van der Waals surface area contributed by atoms with Crippen LogP contribution in [0.5, 0.6) is 0 Å². The van der Waals surface area contributed by atoms with Crippen molar-refractivity contribution in [1.82, 2.24) is 15.2 Å². The number of aryl methyl sites for hydroxylation is 2. The Morgan fingerprint density at radius 2 is 2.05 bits per heavy atom. The van der Waals surface area contributed by atoms with Gasteiger partial charge in [-0.25, -0.2) is 0 Å². The van der Waals surface area contributed by atoms with Gasteiger partial charge in [0.2, 0.25) is 0 Å². The summed E-state index contributed by atoms with van der Waals surface area (Å²) in [6.07, 6.45) is 2.44. The summed E-state index contributed by atoms with van der Waals surface area (Å²) in [5.41, 5.74) is 4.04. The molecule has 1 atom stereocenters. The van der Waals surface area contributed by atoms with E-state index < -0.39 is 0 Å². The second-order valence-corrected chi connectivity index (χ2v) is 6.89. The molecule has 1 aromatic carbocycles. The Morgan fingerprint density at radius 3 is 2.73 bits per heavy atom. The SMILES string of the molecule is Cc1ccc2[nH]c(C(=O)N[C@@H]3CN4CCC3CC4)c(C)c2c1. The highest BCUT2D eigenvalue weighted by Gasteiger charge is 2.35. The molecule has 5 rings (SSSR count). The molecule has 4 heteroatoms. The fourth-order valence-electron chi connectivity index (χ4n) is 4.04. The number of aromatic nitrogens is 1. The maximum absolute atomic E-state index is 12.7. The maximum Gasteiger partial charge on any atom is 0.268 e. The number of H-pyrrole nitrogens is 1. The van der Waals surface area contributed by atoms with Gasteiger partial charge in [-0.2, -0.15) is 0 Å². The molecule has 22 heavy (non-hydrogen) atoms. The van der Waals surface area contributed by atoms with E-state index >= 15 is 0 Å². The number of rotatable bonds is 2. The van der Waals surface area contributed by atoms with Crippen molar-refractivity contribution < 1.29 is 4.79 Å². The molecule has 0 spiro atoms. The van der Waals surface area contributed by atoms with Crippen molar-refractivity contribution in [2.45, 2.75) is 32.7 Å². The highest BCUT2D eigenvalue weighted by Crippen LogP contribution is 2.28. The molecule has 0 unspecified atom stereocenters. The number of nitrogens with zero attached hydrogens (tertiary/aromatic N) is 1. The molecule has 116 valence electrons. The van der Waals surface area contributed by atoms with Crippen LogP contribution >= 0.6 is 0 Å². The number of carbonyl (C=O) groups excluding carboxylic acids is 1. The highest BCUT2D eigenvalue weighted by atomic mass is 16.2. The van der Waals surface area contributed by atoms with Gasteiger partial charge >= 0.3 is 0 Å². The number of nitrogens with one attached hydrogen (secondary N) is 2. The van der Waals surface area contributed by atoms with Gasteiger partial charge in [-0.3, -0.25) is 4.79 Å². The van der Waals surface area contributed by atoms with Crippen LogP contribution in [0.1, 0.15) is 34.5 Å². The lowest BCUT2D eigenvalue weighted by Gasteiger charge is -2.44. The fraction of sp³-hybridized carbons (Fsp3) is 0.500. The van der Waals surface area contributed by atoms with Gasteiger partial charge in [0.15, 0.2) is 0 Å². The van der Waals surface area contributed by atoms with Crippen molar-refractivity contribution in [3.05, 3.63) is 35.0 Å². The van der Waals surface area contributed by atoms with Crippen LogP contribution in [-0.2, 0) is 0 Å². The zero-order valence-electron chi connectivity index (χ0n) is 13.3. The molecule has 4 heterocycles. The van der Waals surface area contributed by atoms with E-state index in [4.69, 9.17) is 0 Å². The van der Waals surface area contributed by atoms with Gasteiger partial charge in [0, 0.05) is 23.5 Å². The number of hydrogen-bond donors (Lipinski definition) is 2. The van der Waals surface area contributed by atoms with E-state index in [0.29, 0.717) is 12.0 Å². The minimum Gasteiger partial charge on any atom is -0.350 e.